The lowest BCUT2D eigenvalue weighted by atomic mass is 9.80. The molecule has 0 aromatic heterocycles. The van der Waals surface area contributed by atoms with Gasteiger partial charge >= 0.3 is 0 Å². The molecule has 0 unspecified atom stereocenters. The highest BCUT2D eigenvalue weighted by atomic mass is 16.5. The second kappa shape index (κ2) is 14.0. The predicted octanol–water partition coefficient (Wildman–Crippen LogP) is 18.4. The van der Waals surface area contributed by atoms with Crippen LogP contribution in [0.1, 0.15) is 49.9 Å². The van der Waals surface area contributed by atoms with Gasteiger partial charge in [-0.1, -0.05) is 161 Å². The van der Waals surface area contributed by atoms with Crippen LogP contribution >= 0.6 is 0 Å². The number of hydrogen-bond acceptors (Lipinski definition) is 4. The number of fused-ring (bicyclic) bond motifs is 18. The fraction of sp³-hybridized carbons (Fsp3) is 0.0909. The highest BCUT2D eigenvalue weighted by Crippen LogP contribution is 2.60. The molecule has 332 valence electrons. The zero-order valence-corrected chi connectivity index (χ0v) is 39.3. The molecule has 0 bridgehead atoms. The van der Waals surface area contributed by atoms with E-state index in [4.69, 9.17) is 9.47 Å². The molecule has 0 amide bonds. The van der Waals surface area contributed by atoms with Crippen molar-refractivity contribution in [3.8, 4) is 89.8 Å². The summed E-state index contributed by atoms with van der Waals surface area (Å²) in [4.78, 5) is 4.82. The molecule has 2 aliphatic heterocycles. The number of para-hydroxylation sites is 4. The Bertz CT molecular complexity index is 3680. The van der Waals surface area contributed by atoms with Crippen molar-refractivity contribution in [2.24, 2.45) is 0 Å². The second-order valence-electron chi connectivity index (χ2n) is 20.4. The molecule has 0 spiro atoms. The average molecular weight is 899 g/mol. The number of hydrogen-bond donors (Lipinski definition) is 0. The number of anilines is 6. The first-order chi connectivity index (χ1) is 34.2. The van der Waals surface area contributed by atoms with E-state index in [2.05, 4.69) is 244 Å². The summed E-state index contributed by atoms with van der Waals surface area (Å²) < 4.78 is 13.6. The quantitative estimate of drug-likeness (QED) is 0.173. The topological polar surface area (TPSA) is 24.9 Å². The van der Waals surface area contributed by atoms with Gasteiger partial charge in [-0.05, 0) is 162 Å². The van der Waals surface area contributed by atoms with Gasteiger partial charge in [0.05, 0.1) is 22.7 Å². The van der Waals surface area contributed by atoms with Crippen LogP contribution in [0.5, 0.6) is 23.0 Å². The standard InChI is InChI=1S/C66H46N2O2/c1-65(2)53-23-11-9-21-47(53)51-35-63-59(37-55(51)65)67(57-25-13-15-27-61(57)69-63)39-29-31-45-42-18-6-8-20-44(42)50-34-40(30-32-46(50)41-17-5-7-19-43(41)49(45)33-39)68-58-26-14-16-28-62(58)70-64-36-52-48-22-10-12-24-54(48)66(3,4)56(52)38-60(64)68/h5-38H,1-4H3. The van der Waals surface area contributed by atoms with E-state index >= 15 is 0 Å². The molecular weight excluding hydrogens is 853 g/mol. The van der Waals surface area contributed by atoms with E-state index in [1.807, 2.05) is 0 Å². The maximum absolute atomic E-state index is 6.81. The van der Waals surface area contributed by atoms with Crippen LogP contribution in [0.2, 0.25) is 0 Å². The van der Waals surface area contributed by atoms with Gasteiger partial charge in [-0.3, -0.25) is 0 Å². The van der Waals surface area contributed by atoms with Crippen molar-refractivity contribution in [2.45, 2.75) is 38.5 Å². The van der Waals surface area contributed by atoms with Gasteiger partial charge in [-0.2, -0.15) is 0 Å². The fourth-order valence-electron chi connectivity index (χ4n) is 12.6. The van der Waals surface area contributed by atoms with E-state index < -0.39 is 0 Å². The van der Waals surface area contributed by atoms with Crippen LogP contribution in [-0.4, -0.2) is 0 Å². The first-order valence-electron chi connectivity index (χ1n) is 24.4. The summed E-state index contributed by atoms with van der Waals surface area (Å²) in [5.41, 5.74) is 25.8. The molecule has 4 heteroatoms. The van der Waals surface area contributed by atoms with Gasteiger partial charge in [-0.25, -0.2) is 0 Å². The lowest BCUT2D eigenvalue weighted by molar-refractivity contribution is 0.476. The molecule has 4 nitrogen and oxygen atoms in total. The van der Waals surface area contributed by atoms with Crippen LogP contribution in [0.25, 0.3) is 66.8 Å². The predicted molar refractivity (Wildman–Crippen MR) is 286 cm³/mol. The Morgan fingerprint density at radius 2 is 0.600 bits per heavy atom. The van der Waals surface area contributed by atoms with Gasteiger partial charge in [0.1, 0.15) is 0 Å². The van der Waals surface area contributed by atoms with Gasteiger partial charge in [0.2, 0.25) is 0 Å². The fourth-order valence-corrected chi connectivity index (χ4v) is 12.6. The molecule has 3 aliphatic carbocycles. The number of nitrogens with zero attached hydrogens (tertiary/aromatic N) is 2. The SMILES string of the molecule is CC1(C)c2ccccc2-c2cc3c(cc21)N(c1ccc2c(c1)-c1ccccc1-c1ccc(N4c5ccccc5Oc5cc6c(cc54)C(C)(C)c4ccccc4-6)cc1-c1ccccc1-2)c1ccccc1O3. The molecule has 0 atom stereocenters. The van der Waals surface area contributed by atoms with Crippen molar-refractivity contribution < 1.29 is 9.47 Å². The molecule has 10 aromatic rings. The molecular formula is C66H46N2O2. The molecule has 5 aliphatic rings. The largest absolute Gasteiger partial charge is 0.453 e. The zero-order valence-electron chi connectivity index (χ0n) is 39.3. The molecule has 0 saturated carbocycles. The third-order valence-electron chi connectivity index (χ3n) is 16.0. The lowest BCUT2D eigenvalue weighted by Crippen LogP contribution is -2.19. The Hall–Kier alpha value is -8.60. The second-order valence-corrected chi connectivity index (χ2v) is 20.4. The minimum absolute atomic E-state index is 0.163. The third kappa shape index (κ3) is 5.31. The van der Waals surface area contributed by atoms with Crippen LogP contribution in [-0.2, 0) is 10.8 Å². The van der Waals surface area contributed by atoms with E-state index in [0.717, 1.165) is 57.1 Å². The molecule has 2 heterocycles. The van der Waals surface area contributed by atoms with E-state index in [0.29, 0.717) is 0 Å². The maximum atomic E-state index is 6.81. The normalized spacial score (nSPS) is 15.0. The van der Waals surface area contributed by atoms with Crippen molar-refractivity contribution in [1.29, 1.82) is 0 Å². The molecule has 0 N–H and O–H groups in total. The summed E-state index contributed by atoms with van der Waals surface area (Å²) in [6, 6.07) is 75.8. The highest BCUT2D eigenvalue weighted by molar-refractivity contribution is 6.06. The Balaban J connectivity index is 0.910. The minimum Gasteiger partial charge on any atom is -0.453 e. The average Bonchev–Trinajstić information content (AvgIpc) is 3.75. The van der Waals surface area contributed by atoms with Gasteiger partial charge in [0.15, 0.2) is 23.0 Å². The zero-order chi connectivity index (χ0) is 46.6. The summed E-state index contributed by atoms with van der Waals surface area (Å²) in [5, 5.41) is 0. The van der Waals surface area contributed by atoms with Crippen LogP contribution < -0.4 is 19.3 Å². The van der Waals surface area contributed by atoms with E-state index in [1.54, 1.807) is 0 Å². The summed E-state index contributed by atoms with van der Waals surface area (Å²) in [7, 11) is 0. The molecule has 0 fully saturated rings. The van der Waals surface area contributed by atoms with Gasteiger partial charge in [0, 0.05) is 22.2 Å². The van der Waals surface area contributed by atoms with Crippen molar-refractivity contribution in [3.05, 3.63) is 229 Å². The Morgan fingerprint density at radius 3 is 1.03 bits per heavy atom. The van der Waals surface area contributed by atoms with Crippen LogP contribution in [0.3, 0.4) is 0 Å². The molecule has 70 heavy (non-hydrogen) atoms. The first-order valence-corrected chi connectivity index (χ1v) is 24.4. The Kier molecular flexibility index (Phi) is 7.88. The number of rotatable bonds is 2. The summed E-state index contributed by atoms with van der Waals surface area (Å²) in [6.07, 6.45) is 0. The van der Waals surface area contributed by atoms with Crippen molar-refractivity contribution in [1.82, 2.24) is 0 Å². The minimum atomic E-state index is -0.163. The van der Waals surface area contributed by atoms with Gasteiger partial charge in [0.25, 0.3) is 0 Å². The van der Waals surface area contributed by atoms with Crippen LogP contribution in [0.15, 0.2) is 206 Å². The van der Waals surface area contributed by atoms with Gasteiger partial charge < -0.3 is 19.3 Å². The van der Waals surface area contributed by atoms with Crippen molar-refractivity contribution in [2.75, 3.05) is 9.80 Å². The molecule has 15 rings (SSSR count). The first kappa shape index (κ1) is 39.4. The van der Waals surface area contributed by atoms with Gasteiger partial charge in [-0.15, -0.1) is 0 Å². The van der Waals surface area contributed by atoms with E-state index in [-0.39, 0.29) is 10.8 Å². The maximum Gasteiger partial charge on any atom is 0.152 e. The number of benzene rings is 10. The molecule has 0 radical (unpaired) electrons. The molecule has 0 saturated heterocycles. The summed E-state index contributed by atoms with van der Waals surface area (Å²) in [5.74, 6) is 3.39. The monoisotopic (exact) mass is 898 g/mol. The smallest absolute Gasteiger partial charge is 0.152 e. The highest BCUT2D eigenvalue weighted by Gasteiger charge is 2.41. The van der Waals surface area contributed by atoms with E-state index in [9.17, 15) is 0 Å². The van der Waals surface area contributed by atoms with Crippen molar-refractivity contribution in [3.63, 3.8) is 0 Å². The number of ether oxygens (including phenoxy) is 2. The van der Waals surface area contributed by atoms with Crippen molar-refractivity contribution >= 4 is 34.1 Å². The summed E-state index contributed by atoms with van der Waals surface area (Å²) >= 11 is 0. The van der Waals surface area contributed by atoms with E-state index in [1.165, 1.54) is 89.0 Å². The lowest BCUT2D eigenvalue weighted by Gasteiger charge is -2.35. The Labute approximate surface area is 408 Å². The molecule has 10 aromatic carbocycles. The van der Waals surface area contributed by atoms with Crippen LogP contribution in [0.4, 0.5) is 34.1 Å². The Morgan fingerprint density at radius 1 is 0.257 bits per heavy atom. The van der Waals surface area contributed by atoms with Crippen LogP contribution in [0, 0.1) is 0 Å². The summed E-state index contributed by atoms with van der Waals surface area (Å²) in [6.45, 7) is 9.38. The third-order valence-corrected chi connectivity index (χ3v) is 16.0.